The maximum absolute atomic E-state index is 5.50. The molecule has 6 heteroatoms. The Morgan fingerprint density at radius 2 is 0.617 bits per heavy atom. The van der Waals surface area contributed by atoms with Gasteiger partial charge in [0.15, 0.2) is 0 Å². The molecular weight excluding hydrogens is 767 g/mol. The van der Waals surface area contributed by atoms with Crippen LogP contribution in [-0.4, -0.2) is 11.2 Å². The number of anilines is 2. The van der Waals surface area contributed by atoms with Crippen LogP contribution >= 0.6 is 15.8 Å². The number of nitrogens with one attached hydrogen (secondary N) is 2. The highest BCUT2D eigenvalue weighted by Gasteiger charge is 2.24. The average molecular weight is 815 g/mol. The van der Waals surface area contributed by atoms with Crippen LogP contribution in [0.15, 0.2) is 216 Å². The van der Waals surface area contributed by atoms with Gasteiger partial charge in [0.25, 0.3) is 0 Å². The van der Waals surface area contributed by atoms with Crippen molar-refractivity contribution in [3.8, 4) is 11.1 Å². The van der Waals surface area contributed by atoms with Crippen LogP contribution in [0.5, 0.6) is 0 Å². The Hall–Kier alpha value is -6.44. The van der Waals surface area contributed by atoms with Crippen LogP contribution in [0.1, 0.15) is 22.3 Å². The maximum atomic E-state index is 5.50. The van der Waals surface area contributed by atoms with Gasteiger partial charge in [-0.05, 0) is 107 Å². The summed E-state index contributed by atoms with van der Waals surface area (Å²) in [6.07, 6.45) is 0. The van der Waals surface area contributed by atoms with Gasteiger partial charge in [-0.1, -0.05) is 182 Å². The smallest absolute Gasteiger partial charge is 0.138 e. The number of amidine groups is 2. The van der Waals surface area contributed by atoms with Gasteiger partial charge in [-0.25, -0.2) is 9.98 Å². The molecule has 0 bridgehead atoms. The van der Waals surface area contributed by atoms with Gasteiger partial charge in [-0.15, -0.1) is 0 Å². The Labute approximate surface area is 357 Å². The van der Waals surface area contributed by atoms with Crippen molar-refractivity contribution in [1.29, 1.82) is 0 Å². The minimum absolute atomic E-state index is 0.878. The van der Waals surface area contributed by atoms with E-state index in [1.54, 1.807) is 0 Å². The third-order valence-electron chi connectivity index (χ3n) is 10.4. The molecule has 0 saturated carbocycles. The van der Waals surface area contributed by atoms with Gasteiger partial charge in [-0.2, -0.15) is 0 Å². The number of rotatable bonds is 11. The van der Waals surface area contributed by atoms with E-state index in [0.717, 1.165) is 45.0 Å². The highest BCUT2D eigenvalue weighted by Crippen LogP contribution is 2.41. The van der Waals surface area contributed by atoms with Crippen molar-refractivity contribution in [3.05, 3.63) is 229 Å². The van der Waals surface area contributed by atoms with Crippen molar-refractivity contribution in [3.63, 3.8) is 0 Å². The van der Waals surface area contributed by atoms with E-state index in [2.05, 4.69) is 245 Å². The molecule has 4 nitrogen and oxygen atoms in total. The lowest BCUT2D eigenvalue weighted by atomic mass is 10.0. The Bertz CT molecular complexity index is 2440. The summed E-state index contributed by atoms with van der Waals surface area (Å²) < 4.78 is 0. The Morgan fingerprint density at radius 3 is 0.917 bits per heavy atom. The summed E-state index contributed by atoms with van der Waals surface area (Å²) in [5.74, 6) is 0. The Kier molecular flexibility index (Phi) is 12.8. The molecule has 0 aromatic heterocycles. The Morgan fingerprint density at radius 1 is 0.333 bits per heavy atom. The highest BCUT2D eigenvalue weighted by atomic mass is 31.1. The molecule has 0 heterocycles. The zero-order chi connectivity index (χ0) is 41.3. The van der Waals surface area contributed by atoms with Gasteiger partial charge >= 0.3 is 0 Å². The van der Waals surface area contributed by atoms with Crippen LogP contribution < -0.4 is 31.9 Å². The first-order valence-corrected chi connectivity index (χ1v) is 22.9. The average Bonchev–Trinajstić information content (AvgIpc) is 3.28. The summed E-state index contributed by atoms with van der Waals surface area (Å²) in [5.41, 5.74) is 12.6. The van der Waals surface area contributed by atoms with E-state index >= 15 is 0 Å². The number of benzene rings is 8. The fraction of sp³-hybridized carbons (Fsp3) is 0.0741. The molecule has 0 radical (unpaired) electrons. The summed E-state index contributed by atoms with van der Waals surface area (Å²) in [6, 6.07) is 72.9. The monoisotopic (exact) mass is 814 g/mol. The topological polar surface area (TPSA) is 48.8 Å². The fourth-order valence-corrected chi connectivity index (χ4v) is 11.7. The first-order chi connectivity index (χ1) is 29.4. The van der Waals surface area contributed by atoms with Gasteiger partial charge < -0.3 is 10.6 Å². The quantitative estimate of drug-likeness (QED) is 0.0776. The lowest BCUT2D eigenvalue weighted by Crippen LogP contribution is -2.24. The van der Waals surface area contributed by atoms with E-state index in [9.17, 15) is 0 Å². The van der Waals surface area contributed by atoms with Crippen LogP contribution in [-0.2, 0) is 0 Å². The number of aryl methyl sites for hydroxylation is 4. The van der Waals surface area contributed by atoms with E-state index in [0.29, 0.717) is 0 Å². The molecular formula is C54H48N4P2. The van der Waals surface area contributed by atoms with E-state index in [-0.39, 0.29) is 0 Å². The summed E-state index contributed by atoms with van der Waals surface area (Å²) >= 11 is 0. The molecule has 8 aromatic rings. The summed E-state index contributed by atoms with van der Waals surface area (Å²) in [6.45, 7) is 8.62. The fourth-order valence-electron chi connectivity index (χ4n) is 7.36. The van der Waals surface area contributed by atoms with Gasteiger partial charge in [-0.3, -0.25) is 0 Å². The molecule has 0 aliphatic rings. The Balaban J connectivity index is 1.23. The first kappa shape index (κ1) is 40.3. The van der Waals surface area contributed by atoms with Gasteiger partial charge in [0.05, 0.1) is 11.4 Å². The van der Waals surface area contributed by atoms with E-state index in [1.165, 1.54) is 43.5 Å². The molecule has 0 atom stereocenters. The number of aliphatic imine (C=N–C) groups is 2. The minimum Gasteiger partial charge on any atom is -0.339 e. The van der Waals surface area contributed by atoms with Crippen molar-refractivity contribution in [2.45, 2.75) is 27.7 Å². The third kappa shape index (κ3) is 9.54. The van der Waals surface area contributed by atoms with Crippen LogP contribution in [0.3, 0.4) is 0 Å². The number of hydrogen-bond donors (Lipinski definition) is 2. The minimum atomic E-state index is -1.02. The molecule has 0 spiro atoms. The lowest BCUT2D eigenvalue weighted by molar-refractivity contribution is 1.37. The van der Waals surface area contributed by atoms with E-state index in [4.69, 9.17) is 9.98 Å². The predicted molar refractivity (Wildman–Crippen MR) is 263 cm³/mol. The number of para-hydroxylation sites is 2. The van der Waals surface area contributed by atoms with Crippen molar-refractivity contribution in [2.75, 3.05) is 10.6 Å². The number of nitrogens with zero attached hydrogens (tertiary/aromatic N) is 2. The van der Waals surface area contributed by atoms with E-state index in [1.807, 2.05) is 0 Å². The normalized spacial score (nSPS) is 11.8. The van der Waals surface area contributed by atoms with E-state index < -0.39 is 15.8 Å². The second-order valence-corrected chi connectivity index (χ2v) is 19.0. The number of hydrogen-bond acceptors (Lipinski definition) is 2. The molecule has 60 heavy (non-hydrogen) atoms. The molecule has 0 unspecified atom stereocenters. The molecule has 8 rings (SSSR count). The maximum Gasteiger partial charge on any atom is 0.138 e. The zero-order valence-electron chi connectivity index (χ0n) is 34.4. The molecule has 0 fully saturated rings. The van der Waals surface area contributed by atoms with Crippen molar-refractivity contribution < 1.29 is 0 Å². The summed E-state index contributed by atoms with van der Waals surface area (Å²) in [4.78, 5) is 11.0. The van der Waals surface area contributed by atoms with Gasteiger partial charge in [0, 0.05) is 27.2 Å². The molecule has 294 valence electrons. The zero-order valence-corrected chi connectivity index (χ0v) is 36.2. The van der Waals surface area contributed by atoms with Crippen LogP contribution in [0.2, 0.25) is 0 Å². The van der Waals surface area contributed by atoms with Crippen molar-refractivity contribution in [1.82, 2.24) is 0 Å². The van der Waals surface area contributed by atoms with Gasteiger partial charge in [0.2, 0.25) is 0 Å². The second-order valence-electron chi connectivity index (χ2n) is 14.8. The van der Waals surface area contributed by atoms with Crippen molar-refractivity contribution >= 4 is 71.0 Å². The standard InChI is InChI=1S/C54H48N4P2/c1-39-21-17-22-40(2)51(39)57-53(59(47-29-9-5-10-30-47)48-31-11-6-12-32-48)55-45-27-19-25-43(37-45)44-26-20-28-46(38-44)56-54(58-52-41(3)23-18-24-42(52)4)60(49-33-13-7-14-34-49)50-35-15-8-16-36-50/h5-38H,1-4H3,(H,55,57)(H,56,58). The summed E-state index contributed by atoms with van der Waals surface area (Å²) in [5, 5.41) is 12.7. The third-order valence-corrected chi connectivity index (χ3v) is 14.9. The predicted octanol–water partition coefficient (Wildman–Crippen LogP) is 13.1. The first-order valence-electron chi connectivity index (χ1n) is 20.3. The highest BCUT2D eigenvalue weighted by molar-refractivity contribution is 7.88. The van der Waals surface area contributed by atoms with Crippen LogP contribution in [0.25, 0.3) is 11.1 Å². The molecule has 0 amide bonds. The largest absolute Gasteiger partial charge is 0.339 e. The van der Waals surface area contributed by atoms with Gasteiger partial charge in [0.1, 0.15) is 11.2 Å². The lowest BCUT2D eigenvalue weighted by Gasteiger charge is -2.24. The molecule has 0 aliphatic heterocycles. The van der Waals surface area contributed by atoms with Crippen LogP contribution in [0.4, 0.5) is 22.7 Å². The molecule has 2 N–H and O–H groups in total. The second kappa shape index (κ2) is 19.1. The molecule has 0 aliphatic carbocycles. The molecule has 8 aromatic carbocycles. The van der Waals surface area contributed by atoms with Crippen LogP contribution in [0, 0.1) is 27.7 Å². The summed E-state index contributed by atoms with van der Waals surface area (Å²) in [7, 11) is -2.04. The van der Waals surface area contributed by atoms with Crippen molar-refractivity contribution in [2.24, 2.45) is 9.98 Å². The molecule has 0 saturated heterocycles. The SMILES string of the molecule is Cc1cccc(C)c1N/C(=N/c1cccc(-c2cccc(/N=C(/Nc3c(C)cccc3C)P(c3ccccc3)c3ccccc3)c2)c1)P(c1ccccc1)c1ccccc1.